The molecule has 0 aromatic heterocycles. The van der Waals surface area contributed by atoms with Crippen LogP contribution in [0.2, 0.25) is 0 Å². The fourth-order valence-corrected chi connectivity index (χ4v) is 5.25. The average Bonchev–Trinajstić information content (AvgIpc) is 2.26. The lowest BCUT2D eigenvalue weighted by molar-refractivity contribution is 1.15. The van der Waals surface area contributed by atoms with Crippen molar-refractivity contribution in [1.82, 2.24) is 0 Å². The van der Waals surface area contributed by atoms with E-state index in [0.717, 1.165) is 23.0 Å². The maximum atomic E-state index is 4.39. The molecule has 0 N–H and O–H groups in total. The first-order valence-corrected chi connectivity index (χ1v) is 10.2. The molecule has 0 bridgehead atoms. The molecule has 1 atom stereocenters. The summed E-state index contributed by atoms with van der Waals surface area (Å²) in [5, 5.41) is 0.704. The van der Waals surface area contributed by atoms with Gasteiger partial charge in [-0.2, -0.15) is 73.2 Å². The van der Waals surface area contributed by atoms with E-state index >= 15 is 0 Å². The van der Waals surface area contributed by atoms with Crippen molar-refractivity contribution in [3.8, 4) is 0 Å². The standard InChI is InChI=1S/C9H20S6/c10-1-3-13-5-6-15-9(7-12)8-14-4-2-11/h9-12H,1-8H2. The number of hydrogen-bond donors (Lipinski definition) is 3. The zero-order valence-electron chi connectivity index (χ0n) is 8.80. The lowest BCUT2D eigenvalue weighted by atomic mass is 10.5. The molecule has 92 valence electrons. The van der Waals surface area contributed by atoms with E-state index in [4.69, 9.17) is 0 Å². The fraction of sp³-hybridized carbons (Fsp3) is 1.00. The van der Waals surface area contributed by atoms with E-state index in [1.165, 1.54) is 23.0 Å². The minimum Gasteiger partial charge on any atom is -0.179 e. The van der Waals surface area contributed by atoms with Crippen LogP contribution in [-0.4, -0.2) is 51.3 Å². The molecule has 0 saturated carbocycles. The maximum absolute atomic E-state index is 4.39. The zero-order valence-corrected chi connectivity index (χ0v) is 13.9. The quantitative estimate of drug-likeness (QED) is 0.395. The summed E-state index contributed by atoms with van der Waals surface area (Å²) in [7, 11) is 0. The second-order valence-electron chi connectivity index (χ2n) is 2.81. The minimum absolute atomic E-state index is 0.704. The van der Waals surface area contributed by atoms with Gasteiger partial charge >= 0.3 is 0 Å². The van der Waals surface area contributed by atoms with Crippen molar-refractivity contribution < 1.29 is 0 Å². The Kier molecular flexibility index (Phi) is 16.1. The van der Waals surface area contributed by atoms with Crippen LogP contribution in [0.25, 0.3) is 0 Å². The van der Waals surface area contributed by atoms with E-state index in [-0.39, 0.29) is 0 Å². The Bertz CT molecular complexity index is 121. The molecule has 0 radical (unpaired) electrons. The van der Waals surface area contributed by atoms with Crippen LogP contribution in [0.1, 0.15) is 0 Å². The summed E-state index contributed by atoms with van der Waals surface area (Å²) in [6.07, 6.45) is 0. The van der Waals surface area contributed by atoms with Gasteiger partial charge in [-0.3, -0.25) is 0 Å². The second kappa shape index (κ2) is 14.2. The molecule has 0 heterocycles. The van der Waals surface area contributed by atoms with Gasteiger partial charge in [-0.1, -0.05) is 0 Å². The molecule has 6 heteroatoms. The molecular formula is C9H20S6. The zero-order chi connectivity index (χ0) is 11.4. The van der Waals surface area contributed by atoms with E-state index < -0.39 is 0 Å². The molecule has 0 spiro atoms. The first-order chi connectivity index (χ1) is 7.35. The Balaban J connectivity index is 3.28. The highest BCUT2D eigenvalue weighted by molar-refractivity contribution is 8.05. The predicted octanol–water partition coefficient (Wildman–Crippen LogP) is 3.34. The topological polar surface area (TPSA) is 0 Å². The molecule has 0 aromatic carbocycles. The van der Waals surface area contributed by atoms with Crippen LogP contribution in [0.5, 0.6) is 0 Å². The van der Waals surface area contributed by atoms with Crippen molar-refractivity contribution in [3.05, 3.63) is 0 Å². The number of hydrogen-bond acceptors (Lipinski definition) is 6. The molecule has 0 rings (SSSR count). The van der Waals surface area contributed by atoms with Crippen LogP contribution in [0.4, 0.5) is 0 Å². The van der Waals surface area contributed by atoms with Crippen molar-refractivity contribution in [1.29, 1.82) is 0 Å². The molecular weight excluding hydrogens is 301 g/mol. The average molecular weight is 321 g/mol. The molecule has 0 aliphatic rings. The second-order valence-corrected chi connectivity index (χ2v) is 7.85. The first-order valence-electron chi connectivity index (χ1n) is 4.94. The predicted molar refractivity (Wildman–Crippen MR) is 92.5 cm³/mol. The molecule has 0 amide bonds. The van der Waals surface area contributed by atoms with Crippen molar-refractivity contribution in [3.63, 3.8) is 0 Å². The van der Waals surface area contributed by atoms with Gasteiger partial charge in [0.15, 0.2) is 0 Å². The van der Waals surface area contributed by atoms with Crippen LogP contribution in [0.3, 0.4) is 0 Å². The smallest absolute Gasteiger partial charge is 0.0226 e. The Morgan fingerprint density at radius 2 is 1.47 bits per heavy atom. The third-order valence-electron chi connectivity index (χ3n) is 1.56. The molecule has 0 fully saturated rings. The molecule has 0 aliphatic carbocycles. The largest absolute Gasteiger partial charge is 0.179 e. The maximum Gasteiger partial charge on any atom is 0.0226 e. The van der Waals surface area contributed by atoms with Crippen LogP contribution in [0.15, 0.2) is 0 Å². The summed E-state index contributed by atoms with van der Waals surface area (Å²) in [6.45, 7) is 0. The van der Waals surface area contributed by atoms with Gasteiger partial charge in [-0.15, -0.1) is 0 Å². The van der Waals surface area contributed by atoms with Crippen molar-refractivity contribution in [2.24, 2.45) is 0 Å². The van der Waals surface area contributed by atoms with E-state index in [1.807, 2.05) is 23.5 Å². The summed E-state index contributed by atoms with van der Waals surface area (Å²) in [6, 6.07) is 0. The molecule has 0 aromatic rings. The van der Waals surface area contributed by atoms with Gasteiger partial charge in [0.1, 0.15) is 0 Å². The van der Waals surface area contributed by atoms with Gasteiger partial charge < -0.3 is 0 Å². The van der Waals surface area contributed by atoms with E-state index in [0.29, 0.717) is 5.25 Å². The highest BCUT2D eigenvalue weighted by atomic mass is 32.2. The van der Waals surface area contributed by atoms with E-state index in [2.05, 4.69) is 49.6 Å². The van der Waals surface area contributed by atoms with E-state index in [1.54, 1.807) is 0 Å². The Hall–Kier alpha value is 2.10. The van der Waals surface area contributed by atoms with Crippen LogP contribution in [-0.2, 0) is 0 Å². The summed E-state index contributed by atoms with van der Waals surface area (Å²) >= 11 is 18.8. The monoisotopic (exact) mass is 320 g/mol. The Labute approximate surface area is 123 Å². The molecule has 15 heavy (non-hydrogen) atoms. The van der Waals surface area contributed by atoms with E-state index in [9.17, 15) is 0 Å². The van der Waals surface area contributed by atoms with Crippen molar-refractivity contribution >= 4 is 73.2 Å². The van der Waals surface area contributed by atoms with Gasteiger partial charge in [0, 0.05) is 39.8 Å². The Morgan fingerprint density at radius 1 is 0.800 bits per heavy atom. The summed E-state index contributed by atoms with van der Waals surface area (Å²) < 4.78 is 0. The van der Waals surface area contributed by atoms with Crippen molar-refractivity contribution in [2.75, 3.05) is 46.0 Å². The van der Waals surface area contributed by atoms with Gasteiger partial charge in [0.2, 0.25) is 0 Å². The third-order valence-corrected chi connectivity index (χ3v) is 7.13. The van der Waals surface area contributed by atoms with Gasteiger partial charge in [-0.05, 0) is 11.5 Å². The molecule has 0 nitrogen and oxygen atoms in total. The normalized spacial score (nSPS) is 13.0. The lowest BCUT2D eigenvalue weighted by Gasteiger charge is -2.13. The lowest BCUT2D eigenvalue weighted by Crippen LogP contribution is -2.10. The summed E-state index contributed by atoms with van der Waals surface area (Å²) in [5.41, 5.74) is 0. The van der Waals surface area contributed by atoms with Gasteiger partial charge in [0.25, 0.3) is 0 Å². The van der Waals surface area contributed by atoms with Gasteiger partial charge in [-0.25, -0.2) is 0 Å². The van der Waals surface area contributed by atoms with Crippen LogP contribution >= 0.6 is 73.2 Å². The fourth-order valence-electron chi connectivity index (χ4n) is 0.873. The molecule has 1 unspecified atom stereocenters. The first kappa shape index (κ1) is 17.1. The number of thioether (sulfide) groups is 3. The van der Waals surface area contributed by atoms with Crippen LogP contribution < -0.4 is 0 Å². The number of thiol groups is 3. The highest BCUT2D eigenvalue weighted by Gasteiger charge is 2.06. The highest BCUT2D eigenvalue weighted by Crippen LogP contribution is 2.19. The Morgan fingerprint density at radius 3 is 2.07 bits per heavy atom. The number of rotatable bonds is 11. The summed E-state index contributed by atoms with van der Waals surface area (Å²) in [4.78, 5) is 0. The summed E-state index contributed by atoms with van der Waals surface area (Å²) in [5.74, 6) is 8.98. The SMILES string of the molecule is SCCSCCSC(CS)CSCCS. The third kappa shape index (κ3) is 12.3. The van der Waals surface area contributed by atoms with Crippen LogP contribution in [0, 0.1) is 0 Å². The molecule has 0 saturated heterocycles. The van der Waals surface area contributed by atoms with Crippen molar-refractivity contribution in [2.45, 2.75) is 5.25 Å². The minimum atomic E-state index is 0.704. The van der Waals surface area contributed by atoms with Gasteiger partial charge in [0.05, 0.1) is 0 Å². The molecule has 0 aliphatic heterocycles.